The molecule has 29 heavy (non-hydrogen) atoms. The molecule has 6 nitrogen and oxygen atoms in total. The van der Waals surface area contributed by atoms with Crippen LogP contribution in [0.1, 0.15) is 20.7 Å². The molecule has 0 spiro atoms. The van der Waals surface area contributed by atoms with E-state index in [0.29, 0.717) is 28.5 Å². The highest BCUT2D eigenvalue weighted by molar-refractivity contribution is 8.00. The molecule has 0 unspecified atom stereocenters. The number of nitrogens with one attached hydrogen (secondary N) is 2. The van der Waals surface area contributed by atoms with Gasteiger partial charge in [0.1, 0.15) is 11.5 Å². The van der Waals surface area contributed by atoms with Crippen molar-refractivity contribution < 1.29 is 19.1 Å². The van der Waals surface area contributed by atoms with Crippen molar-refractivity contribution in [3.05, 3.63) is 83.9 Å². The first kappa shape index (κ1) is 18.8. The average molecular weight is 404 g/mol. The van der Waals surface area contributed by atoms with Crippen LogP contribution in [-0.4, -0.2) is 23.5 Å². The van der Waals surface area contributed by atoms with Crippen molar-refractivity contribution in [2.24, 2.45) is 0 Å². The summed E-state index contributed by atoms with van der Waals surface area (Å²) < 4.78 is 5.79. The molecule has 144 valence electrons. The molecule has 1 aliphatic heterocycles. The number of anilines is 1. The normalized spacial score (nSPS) is 12.3. The summed E-state index contributed by atoms with van der Waals surface area (Å²) in [7, 11) is 0. The average Bonchev–Trinajstić information content (AvgIpc) is 3.01. The number of ether oxygens (including phenoxy) is 1. The number of carbonyl (C=O) groups excluding carboxylic acids is 3. The highest BCUT2D eigenvalue weighted by Gasteiger charge is 2.26. The number of benzene rings is 3. The van der Waals surface area contributed by atoms with E-state index in [-0.39, 0.29) is 11.5 Å². The maximum atomic E-state index is 12.2. The Morgan fingerprint density at radius 3 is 2.45 bits per heavy atom. The first-order valence-electron chi connectivity index (χ1n) is 8.84. The fourth-order valence-electron chi connectivity index (χ4n) is 2.85. The molecule has 0 bridgehead atoms. The number of imide groups is 1. The monoisotopic (exact) mass is 404 g/mol. The van der Waals surface area contributed by atoms with Gasteiger partial charge in [-0.25, -0.2) is 0 Å². The van der Waals surface area contributed by atoms with Gasteiger partial charge in [0.15, 0.2) is 0 Å². The standard InChI is InChI=1S/C22H16N2O4S/c25-20(13-29-17-7-2-1-3-8-17)23-14-5-4-6-15(11-14)28-16-9-10-18-19(12-16)22(27)24-21(18)26/h1-12H,13H2,(H,23,25)(H,24,26,27). The van der Waals surface area contributed by atoms with Crippen molar-refractivity contribution in [3.8, 4) is 11.5 Å². The lowest BCUT2D eigenvalue weighted by atomic mass is 10.1. The van der Waals surface area contributed by atoms with Crippen LogP contribution < -0.4 is 15.4 Å². The van der Waals surface area contributed by atoms with Gasteiger partial charge in [-0.1, -0.05) is 24.3 Å². The molecule has 7 heteroatoms. The van der Waals surface area contributed by atoms with E-state index in [1.807, 2.05) is 30.3 Å². The molecular formula is C22H16N2O4S. The third-order valence-corrected chi connectivity index (χ3v) is 5.19. The minimum Gasteiger partial charge on any atom is -0.457 e. The Kier molecular flexibility index (Phi) is 5.31. The van der Waals surface area contributed by atoms with Gasteiger partial charge in [-0.15, -0.1) is 11.8 Å². The third-order valence-electron chi connectivity index (χ3n) is 4.17. The number of thioether (sulfide) groups is 1. The van der Waals surface area contributed by atoms with E-state index >= 15 is 0 Å². The molecule has 0 atom stereocenters. The molecule has 3 aromatic carbocycles. The fourth-order valence-corrected chi connectivity index (χ4v) is 3.57. The van der Waals surface area contributed by atoms with Crippen LogP contribution in [0, 0.1) is 0 Å². The molecule has 0 aromatic heterocycles. The Morgan fingerprint density at radius 2 is 1.62 bits per heavy atom. The first-order chi connectivity index (χ1) is 14.1. The summed E-state index contributed by atoms with van der Waals surface area (Å²) in [6, 6.07) is 21.4. The van der Waals surface area contributed by atoms with Gasteiger partial charge in [-0.2, -0.15) is 0 Å². The van der Waals surface area contributed by atoms with E-state index in [0.717, 1.165) is 4.90 Å². The number of carbonyl (C=O) groups is 3. The number of hydrogen-bond donors (Lipinski definition) is 2. The Labute approximate surface area is 171 Å². The second-order valence-electron chi connectivity index (χ2n) is 6.27. The molecule has 4 rings (SSSR count). The van der Waals surface area contributed by atoms with Crippen molar-refractivity contribution in [2.75, 3.05) is 11.1 Å². The molecule has 1 aliphatic rings. The summed E-state index contributed by atoms with van der Waals surface area (Å²) >= 11 is 1.46. The van der Waals surface area contributed by atoms with Crippen LogP contribution in [0.2, 0.25) is 0 Å². The van der Waals surface area contributed by atoms with Gasteiger partial charge in [0, 0.05) is 16.6 Å². The van der Waals surface area contributed by atoms with E-state index in [9.17, 15) is 14.4 Å². The van der Waals surface area contributed by atoms with Crippen LogP contribution in [0.4, 0.5) is 5.69 Å². The van der Waals surface area contributed by atoms with Gasteiger partial charge in [0.05, 0.1) is 16.9 Å². The Morgan fingerprint density at radius 1 is 0.862 bits per heavy atom. The number of amides is 3. The smallest absolute Gasteiger partial charge is 0.259 e. The topological polar surface area (TPSA) is 84.5 Å². The zero-order valence-corrected chi connectivity index (χ0v) is 16.0. The molecule has 1 heterocycles. The van der Waals surface area contributed by atoms with Gasteiger partial charge in [-0.3, -0.25) is 19.7 Å². The van der Waals surface area contributed by atoms with Crippen molar-refractivity contribution in [1.29, 1.82) is 0 Å². The molecule has 3 amide bonds. The molecule has 0 fully saturated rings. The Balaban J connectivity index is 1.40. The third kappa shape index (κ3) is 4.47. The quantitative estimate of drug-likeness (QED) is 0.477. The van der Waals surface area contributed by atoms with Crippen LogP contribution in [0.25, 0.3) is 0 Å². The number of hydrogen-bond acceptors (Lipinski definition) is 5. The van der Waals surface area contributed by atoms with Crippen molar-refractivity contribution in [1.82, 2.24) is 5.32 Å². The summed E-state index contributed by atoms with van der Waals surface area (Å²) in [6.07, 6.45) is 0. The van der Waals surface area contributed by atoms with Crippen molar-refractivity contribution >= 4 is 35.2 Å². The second kappa shape index (κ2) is 8.20. The predicted octanol–water partition coefficient (Wildman–Crippen LogP) is 4.09. The number of fused-ring (bicyclic) bond motifs is 1. The summed E-state index contributed by atoms with van der Waals surface area (Å²) in [5.41, 5.74) is 1.23. The van der Waals surface area contributed by atoms with E-state index < -0.39 is 11.8 Å². The summed E-state index contributed by atoms with van der Waals surface area (Å²) in [4.78, 5) is 36.6. The summed E-state index contributed by atoms with van der Waals surface area (Å²) in [6.45, 7) is 0. The lowest BCUT2D eigenvalue weighted by Gasteiger charge is -2.09. The predicted molar refractivity (Wildman–Crippen MR) is 111 cm³/mol. The van der Waals surface area contributed by atoms with Crippen molar-refractivity contribution in [3.63, 3.8) is 0 Å². The van der Waals surface area contributed by atoms with Gasteiger partial charge in [0.2, 0.25) is 5.91 Å². The van der Waals surface area contributed by atoms with Gasteiger partial charge in [0.25, 0.3) is 11.8 Å². The van der Waals surface area contributed by atoms with E-state index in [1.54, 1.807) is 36.4 Å². The molecule has 0 radical (unpaired) electrons. The Hall–Kier alpha value is -3.58. The molecule has 3 aromatic rings. The molecule has 2 N–H and O–H groups in total. The van der Waals surface area contributed by atoms with Crippen LogP contribution >= 0.6 is 11.8 Å². The van der Waals surface area contributed by atoms with E-state index in [4.69, 9.17) is 4.74 Å². The second-order valence-corrected chi connectivity index (χ2v) is 7.32. The molecule has 0 saturated heterocycles. The molecular weight excluding hydrogens is 388 g/mol. The van der Waals surface area contributed by atoms with Gasteiger partial charge >= 0.3 is 0 Å². The maximum absolute atomic E-state index is 12.2. The lowest BCUT2D eigenvalue weighted by molar-refractivity contribution is -0.113. The molecule has 0 aliphatic carbocycles. The van der Waals surface area contributed by atoms with E-state index in [1.165, 1.54) is 17.8 Å². The zero-order chi connectivity index (χ0) is 20.2. The summed E-state index contributed by atoms with van der Waals surface area (Å²) in [5, 5.41) is 5.09. The van der Waals surface area contributed by atoms with E-state index in [2.05, 4.69) is 10.6 Å². The fraction of sp³-hybridized carbons (Fsp3) is 0.0455. The van der Waals surface area contributed by atoms with Crippen LogP contribution in [-0.2, 0) is 4.79 Å². The zero-order valence-electron chi connectivity index (χ0n) is 15.2. The lowest BCUT2D eigenvalue weighted by Crippen LogP contribution is -2.19. The molecule has 0 saturated carbocycles. The highest BCUT2D eigenvalue weighted by atomic mass is 32.2. The van der Waals surface area contributed by atoms with Crippen molar-refractivity contribution in [2.45, 2.75) is 4.90 Å². The maximum Gasteiger partial charge on any atom is 0.259 e. The minimum atomic E-state index is -0.438. The highest BCUT2D eigenvalue weighted by Crippen LogP contribution is 2.28. The Bertz CT molecular complexity index is 1100. The SMILES string of the molecule is O=C(CSc1ccccc1)Nc1cccc(Oc2ccc3c(c2)C(=O)NC3=O)c1. The minimum absolute atomic E-state index is 0.122. The summed E-state index contributed by atoms with van der Waals surface area (Å²) in [5.74, 6) is 0.258. The van der Waals surface area contributed by atoms with Crippen LogP contribution in [0.15, 0.2) is 77.7 Å². The first-order valence-corrected chi connectivity index (χ1v) is 9.82. The number of rotatable bonds is 6. The van der Waals surface area contributed by atoms with Gasteiger partial charge < -0.3 is 10.1 Å². The largest absolute Gasteiger partial charge is 0.457 e. The van der Waals surface area contributed by atoms with Crippen LogP contribution in [0.5, 0.6) is 11.5 Å². The van der Waals surface area contributed by atoms with Gasteiger partial charge in [-0.05, 0) is 42.5 Å². The van der Waals surface area contributed by atoms with Crippen LogP contribution in [0.3, 0.4) is 0 Å².